The van der Waals surface area contributed by atoms with Crippen molar-refractivity contribution in [2.75, 3.05) is 11.3 Å². The van der Waals surface area contributed by atoms with Gasteiger partial charge >= 0.3 is 0 Å². The van der Waals surface area contributed by atoms with E-state index < -0.39 is 10.0 Å². The number of nitrogens with one attached hydrogen (secondary N) is 1. The molecule has 2 aromatic rings. The predicted molar refractivity (Wildman–Crippen MR) is 93.1 cm³/mol. The molecular formula is C16H21N3O2S2. The molecule has 0 aliphatic carbocycles. The van der Waals surface area contributed by atoms with Crippen LogP contribution in [-0.4, -0.2) is 30.9 Å². The molecule has 0 radical (unpaired) electrons. The lowest BCUT2D eigenvalue weighted by molar-refractivity contribution is 0.154. The summed E-state index contributed by atoms with van der Waals surface area (Å²) in [6.07, 6.45) is 5.53. The lowest BCUT2D eigenvalue weighted by atomic mass is 10.0. The molecule has 0 spiro atoms. The lowest BCUT2D eigenvalue weighted by Crippen LogP contribution is -2.36. The molecule has 124 valence electrons. The zero-order chi connectivity index (χ0) is 16.3. The third kappa shape index (κ3) is 4.10. The molecule has 0 bridgehead atoms. The third-order valence-corrected chi connectivity index (χ3v) is 6.51. The first-order chi connectivity index (χ1) is 11.0. The zero-order valence-corrected chi connectivity index (χ0v) is 14.7. The summed E-state index contributed by atoms with van der Waals surface area (Å²) in [5.74, 6) is 0. The molecule has 1 aliphatic heterocycles. The van der Waals surface area contributed by atoms with Crippen LogP contribution in [0.5, 0.6) is 0 Å². The highest BCUT2D eigenvalue weighted by molar-refractivity contribution is 7.93. The molecule has 23 heavy (non-hydrogen) atoms. The van der Waals surface area contributed by atoms with Gasteiger partial charge in [0.2, 0.25) is 0 Å². The molecule has 1 aromatic heterocycles. The summed E-state index contributed by atoms with van der Waals surface area (Å²) >= 11 is 1.41. The van der Waals surface area contributed by atoms with E-state index in [1.807, 2.05) is 0 Å². The van der Waals surface area contributed by atoms with Crippen molar-refractivity contribution in [1.82, 2.24) is 9.88 Å². The normalized spacial score (nSPS) is 19.6. The molecule has 1 unspecified atom stereocenters. The Morgan fingerprint density at radius 2 is 2.09 bits per heavy atom. The van der Waals surface area contributed by atoms with E-state index in [4.69, 9.17) is 0 Å². The van der Waals surface area contributed by atoms with Gasteiger partial charge in [0.15, 0.2) is 5.13 Å². The van der Waals surface area contributed by atoms with Gasteiger partial charge in [0.1, 0.15) is 0 Å². The Labute approximate surface area is 141 Å². The van der Waals surface area contributed by atoms with E-state index in [0.29, 0.717) is 11.2 Å². The van der Waals surface area contributed by atoms with E-state index in [1.165, 1.54) is 30.6 Å². The van der Waals surface area contributed by atoms with Crippen molar-refractivity contribution in [3.63, 3.8) is 0 Å². The first-order valence-corrected chi connectivity index (χ1v) is 10.1. The standard InChI is InChI=1S/C16H21N3O2S2/c1-13-7-5-6-10-19(13)12-14-11-17-16(22-14)18-23(20,21)15-8-3-2-4-9-15/h2-4,8-9,11,13H,5-7,10,12H2,1H3,(H,17,18). The Balaban J connectivity index is 1.67. The van der Waals surface area contributed by atoms with Gasteiger partial charge in [0, 0.05) is 23.7 Å². The van der Waals surface area contributed by atoms with Crippen molar-refractivity contribution >= 4 is 26.5 Å². The quantitative estimate of drug-likeness (QED) is 0.898. The van der Waals surface area contributed by atoms with Gasteiger partial charge in [-0.15, -0.1) is 0 Å². The molecule has 0 saturated carbocycles. The Hall–Kier alpha value is -1.44. The SMILES string of the molecule is CC1CCCCN1Cc1cnc(NS(=O)(=O)c2ccccc2)s1. The minimum atomic E-state index is -3.56. The molecule has 1 fully saturated rings. The number of anilines is 1. The van der Waals surface area contributed by atoms with Crippen molar-refractivity contribution in [3.05, 3.63) is 41.4 Å². The average Bonchev–Trinajstić information content (AvgIpc) is 2.97. The molecule has 1 atom stereocenters. The predicted octanol–water partition coefficient (Wildman–Crippen LogP) is 3.32. The molecule has 1 saturated heterocycles. The van der Waals surface area contributed by atoms with Crippen LogP contribution in [0.2, 0.25) is 0 Å². The molecule has 5 nitrogen and oxygen atoms in total. The number of sulfonamides is 1. The molecule has 3 rings (SSSR count). The molecule has 2 heterocycles. The molecule has 1 aromatic carbocycles. The number of thiazole rings is 1. The van der Waals surface area contributed by atoms with Gasteiger partial charge in [0.05, 0.1) is 4.90 Å². The maximum absolute atomic E-state index is 12.3. The summed E-state index contributed by atoms with van der Waals surface area (Å²) in [5.41, 5.74) is 0. The van der Waals surface area contributed by atoms with E-state index in [0.717, 1.165) is 18.0 Å². The molecule has 0 amide bonds. The largest absolute Gasteiger partial charge is 0.296 e. The first kappa shape index (κ1) is 16.4. The summed E-state index contributed by atoms with van der Waals surface area (Å²) in [7, 11) is -3.56. The number of aromatic nitrogens is 1. The Bertz CT molecular complexity index is 744. The van der Waals surface area contributed by atoms with Crippen LogP contribution in [-0.2, 0) is 16.6 Å². The van der Waals surface area contributed by atoms with Crippen LogP contribution in [0.25, 0.3) is 0 Å². The first-order valence-electron chi connectivity index (χ1n) is 7.81. The second-order valence-electron chi connectivity index (χ2n) is 5.87. The monoisotopic (exact) mass is 351 g/mol. The second-order valence-corrected chi connectivity index (χ2v) is 8.66. The van der Waals surface area contributed by atoms with Gasteiger partial charge < -0.3 is 0 Å². The number of rotatable bonds is 5. The number of nitrogens with zero attached hydrogens (tertiary/aromatic N) is 2. The summed E-state index contributed by atoms with van der Waals surface area (Å²) in [4.78, 5) is 7.99. The smallest absolute Gasteiger partial charge is 0.263 e. The molecule has 7 heteroatoms. The summed E-state index contributed by atoms with van der Waals surface area (Å²) in [5, 5.41) is 0.425. The van der Waals surface area contributed by atoms with Crippen molar-refractivity contribution in [2.45, 2.75) is 43.7 Å². The second kappa shape index (κ2) is 6.98. The van der Waals surface area contributed by atoms with E-state index in [2.05, 4.69) is 21.5 Å². The van der Waals surface area contributed by atoms with Crippen molar-refractivity contribution < 1.29 is 8.42 Å². The number of likely N-dealkylation sites (tertiary alicyclic amines) is 1. The van der Waals surface area contributed by atoms with Crippen LogP contribution in [0.1, 0.15) is 31.1 Å². The maximum Gasteiger partial charge on any atom is 0.263 e. The molecular weight excluding hydrogens is 330 g/mol. The minimum Gasteiger partial charge on any atom is -0.296 e. The van der Waals surface area contributed by atoms with Crippen LogP contribution in [0.3, 0.4) is 0 Å². The Kier molecular flexibility index (Phi) is 4.99. The summed E-state index contributed by atoms with van der Waals surface area (Å²) < 4.78 is 27.2. The average molecular weight is 351 g/mol. The number of piperidine rings is 1. The minimum absolute atomic E-state index is 0.251. The lowest BCUT2D eigenvalue weighted by Gasteiger charge is -2.32. The topological polar surface area (TPSA) is 62.3 Å². The van der Waals surface area contributed by atoms with Gasteiger partial charge in [-0.25, -0.2) is 13.4 Å². The highest BCUT2D eigenvalue weighted by Crippen LogP contribution is 2.25. The summed E-state index contributed by atoms with van der Waals surface area (Å²) in [6, 6.07) is 8.94. The van der Waals surface area contributed by atoms with E-state index in [9.17, 15) is 8.42 Å². The van der Waals surface area contributed by atoms with Crippen LogP contribution < -0.4 is 4.72 Å². The molecule has 1 N–H and O–H groups in total. The van der Waals surface area contributed by atoms with E-state index >= 15 is 0 Å². The van der Waals surface area contributed by atoms with Gasteiger partial charge in [0.25, 0.3) is 10.0 Å². The summed E-state index contributed by atoms with van der Waals surface area (Å²) in [6.45, 7) is 4.19. The van der Waals surface area contributed by atoms with E-state index in [1.54, 1.807) is 36.5 Å². The van der Waals surface area contributed by atoms with Crippen molar-refractivity contribution in [3.8, 4) is 0 Å². The number of hydrogen-bond acceptors (Lipinski definition) is 5. The Morgan fingerprint density at radius 1 is 1.30 bits per heavy atom. The number of benzene rings is 1. The molecule has 1 aliphatic rings. The maximum atomic E-state index is 12.3. The number of hydrogen-bond donors (Lipinski definition) is 1. The fourth-order valence-corrected chi connectivity index (χ4v) is 4.90. The highest BCUT2D eigenvalue weighted by Gasteiger charge is 2.20. The third-order valence-electron chi connectivity index (χ3n) is 4.13. The van der Waals surface area contributed by atoms with Crippen molar-refractivity contribution in [2.24, 2.45) is 0 Å². The highest BCUT2D eigenvalue weighted by atomic mass is 32.2. The van der Waals surface area contributed by atoms with Crippen LogP contribution >= 0.6 is 11.3 Å². The van der Waals surface area contributed by atoms with Gasteiger partial charge in [-0.1, -0.05) is 36.0 Å². The van der Waals surface area contributed by atoms with Crippen LogP contribution in [0, 0.1) is 0 Å². The van der Waals surface area contributed by atoms with Gasteiger partial charge in [-0.3, -0.25) is 9.62 Å². The van der Waals surface area contributed by atoms with Crippen LogP contribution in [0.15, 0.2) is 41.4 Å². The Morgan fingerprint density at radius 3 is 2.83 bits per heavy atom. The van der Waals surface area contributed by atoms with Gasteiger partial charge in [-0.05, 0) is 38.4 Å². The fourth-order valence-electron chi connectivity index (χ4n) is 2.79. The van der Waals surface area contributed by atoms with Crippen LogP contribution in [0.4, 0.5) is 5.13 Å². The van der Waals surface area contributed by atoms with E-state index in [-0.39, 0.29) is 4.90 Å². The van der Waals surface area contributed by atoms with Crippen molar-refractivity contribution in [1.29, 1.82) is 0 Å². The fraction of sp³-hybridized carbons (Fsp3) is 0.438. The zero-order valence-electron chi connectivity index (χ0n) is 13.1. The van der Waals surface area contributed by atoms with Gasteiger partial charge in [-0.2, -0.15) is 0 Å².